The van der Waals surface area contributed by atoms with E-state index in [1.54, 1.807) is 0 Å². The van der Waals surface area contributed by atoms with E-state index in [-0.39, 0.29) is 16.7 Å². The Balaban J connectivity index is 3.06. The third kappa shape index (κ3) is 5.18. The van der Waals surface area contributed by atoms with Crippen LogP contribution < -0.4 is 16.4 Å². The molecule has 5 N–H and O–H groups in total. The highest BCUT2D eigenvalue weighted by molar-refractivity contribution is 5.94. The molecule has 1 saturated carbocycles. The maximum Gasteiger partial charge on any atom is 0.352 e. The summed E-state index contributed by atoms with van der Waals surface area (Å²) in [6.07, 6.45) is 1.09. The fraction of sp³-hybridized carbons (Fsp3) is 0.778. The molecule has 0 bridgehead atoms. The molecule has 9 nitrogen and oxygen atoms in total. The van der Waals surface area contributed by atoms with Crippen molar-refractivity contribution in [1.29, 1.82) is 0 Å². The fourth-order valence-corrected chi connectivity index (χ4v) is 3.98. The van der Waals surface area contributed by atoms with Gasteiger partial charge < -0.3 is 26.2 Å². The van der Waals surface area contributed by atoms with Gasteiger partial charge in [0.15, 0.2) is 0 Å². The first-order valence-corrected chi connectivity index (χ1v) is 8.86. The molecule has 154 valence electrons. The molecule has 0 aliphatic heterocycles. The van der Waals surface area contributed by atoms with Crippen LogP contribution in [0.3, 0.4) is 0 Å². The predicted molar refractivity (Wildman–Crippen MR) is 97.2 cm³/mol. The van der Waals surface area contributed by atoms with Gasteiger partial charge in [-0.05, 0) is 30.6 Å². The molecule has 0 aromatic carbocycles. The van der Waals surface area contributed by atoms with Crippen molar-refractivity contribution < 1.29 is 29.0 Å². The van der Waals surface area contributed by atoms with Crippen molar-refractivity contribution in [3.8, 4) is 0 Å². The van der Waals surface area contributed by atoms with Gasteiger partial charge in [0, 0.05) is 5.92 Å². The molecule has 0 heterocycles. The molecule has 1 unspecified atom stereocenters. The Hall–Kier alpha value is -2.16. The summed E-state index contributed by atoms with van der Waals surface area (Å²) in [6.45, 7) is 9.24. The molecule has 0 radical (unpaired) electrons. The van der Waals surface area contributed by atoms with Crippen LogP contribution in [0.2, 0.25) is 0 Å². The fourth-order valence-electron chi connectivity index (χ4n) is 3.98. The summed E-state index contributed by atoms with van der Waals surface area (Å²) in [4.78, 5) is 48.3. The molecule has 1 aliphatic carbocycles. The van der Waals surface area contributed by atoms with E-state index in [0.717, 1.165) is 20.0 Å². The number of nitrogens with one attached hydrogen (secondary N) is 2. The van der Waals surface area contributed by atoms with Crippen LogP contribution in [0.4, 0.5) is 0 Å². The molecule has 9 heteroatoms. The standard InChI is InChI=1S/C18H31N3O6/c1-16(2)7-8-17(3,4)12(16)14(25)21-18(5,15(26)27-6)20-13(24)10(19)9-11(22)23/h10,12H,7-9,19H2,1-6H3,(H,20,24)(H,21,25)(H,22,23)/t10-,18?/m0/s1. The largest absolute Gasteiger partial charge is 0.481 e. The zero-order valence-corrected chi connectivity index (χ0v) is 16.8. The lowest BCUT2D eigenvalue weighted by Crippen LogP contribution is -2.67. The van der Waals surface area contributed by atoms with Gasteiger partial charge in [0.1, 0.15) is 0 Å². The number of carboxylic acid groups (broad SMARTS) is 1. The number of carbonyl (C=O) groups excluding carboxylic acids is 3. The highest BCUT2D eigenvalue weighted by atomic mass is 16.5. The zero-order chi connectivity index (χ0) is 21.2. The van der Waals surface area contributed by atoms with Crippen LogP contribution in [-0.4, -0.2) is 47.7 Å². The summed E-state index contributed by atoms with van der Waals surface area (Å²) < 4.78 is 4.72. The number of hydrogen-bond donors (Lipinski definition) is 4. The average molecular weight is 385 g/mol. The second kappa shape index (κ2) is 7.84. The van der Waals surface area contributed by atoms with Crippen LogP contribution in [0, 0.1) is 16.7 Å². The van der Waals surface area contributed by atoms with E-state index < -0.39 is 41.9 Å². The van der Waals surface area contributed by atoms with Crippen LogP contribution in [-0.2, 0) is 23.9 Å². The Morgan fingerprint density at radius 1 is 1.15 bits per heavy atom. The first-order chi connectivity index (χ1) is 12.2. The minimum atomic E-state index is -1.87. The molecular weight excluding hydrogens is 354 g/mol. The molecule has 0 saturated heterocycles. The van der Waals surface area contributed by atoms with Crippen molar-refractivity contribution in [2.75, 3.05) is 7.11 Å². The van der Waals surface area contributed by atoms with Crippen LogP contribution in [0.1, 0.15) is 53.9 Å². The summed E-state index contributed by atoms with van der Waals surface area (Å²) >= 11 is 0. The molecule has 0 spiro atoms. The third-order valence-electron chi connectivity index (χ3n) is 5.31. The number of carboxylic acids is 1. The van der Waals surface area contributed by atoms with Gasteiger partial charge in [-0.25, -0.2) is 4.79 Å². The van der Waals surface area contributed by atoms with Gasteiger partial charge in [-0.3, -0.25) is 14.4 Å². The van der Waals surface area contributed by atoms with E-state index in [1.165, 1.54) is 6.92 Å². The monoisotopic (exact) mass is 385 g/mol. The molecule has 1 aliphatic rings. The summed E-state index contributed by atoms with van der Waals surface area (Å²) in [5, 5.41) is 13.7. The van der Waals surface area contributed by atoms with Crippen LogP contribution in [0.5, 0.6) is 0 Å². The van der Waals surface area contributed by atoms with Gasteiger partial charge in [0.25, 0.3) is 0 Å². The Kier molecular flexibility index (Phi) is 6.64. The Morgan fingerprint density at radius 2 is 1.63 bits per heavy atom. The molecule has 2 atom stereocenters. The van der Waals surface area contributed by atoms with Crippen molar-refractivity contribution in [3.05, 3.63) is 0 Å². The Labute approximate surface area is 159 Å². The van der Waals surface area contributed by atoms with Crippen molar-refractivity contribution in [3.63, 3.8) is 0 Å². The Morgan fingerprint density at radius 3 is 2.04 bits per heavy atom. The van der Waals surface area contributed by atoms with Crippen LogP contribution in [0.15, 0.2) is 0 Å². The topological polar surface area (TPSA) is 148 Å². The van der Waals surface area contributed by atoms with E-state index in [9.17, 15) is 19.2 Å². The van der Waals surface area contributed by atoms with Gasteiger partial charge in [0.05, 0.1) is 19.6 Å². The smallest absolute Gasteiger partial charge is 0.352 e. The van der Waals surface area contributed by atoms with E-state index in [2.05, 4.69) is 10.6 Å². The quantitative estimate of drug-likeness (QED) is 0.365. The predicted octanol–water partition coefficient (Wildman–Crippen LogP) is 0.372. The highest BCUT2D eigenvalue weighted by Crippen LogP contribution is 2.53. The number of aliphatic carboxylic acids is 1. The lowest BCUT2D eigenvalue weighted by molar-refractivity contribution is -0.156. The van der Waals surface area contributed by atoms with E-state index in [1.807, 2.05) is 27.7 Å². The molecular formula is C18H31N3O6. The molecule has 1 fully saturated rings. The number of ether oxygens (including phenoxy) is 1. The lowest BCUT2D eigenvalue weighted by Gasteiger charge is -2.37. The number of amides is 2. The first kappa shape index (κ1) is 22.9. The van der Waals surface area contributed by atoms with E-state index in [0.29, 0.717) is 0 Å². The highest BCUT2D eigenvalue weighted by Gasteiger charge is 2.52. The second-order valence-corrected chi connectivity index (χ2v) is 8.71. The molecule has 27 heavy (non-hydrogen) atoms. The number of carbonyl (C=O) groups is 4. The first-order valence-electron chi connectivity index (χ1n) is 8.86. The molecule has 0 aromatic heterocycles. The molecule has 2 amide bonds. The summed E-state index contributed by atoms with van der Waals surface area (Å²) in [7, 11) is 1.12. The molecule has 1 rings (SSSR count). The van der Waals surface area contributed by atoms with Gasteiger partial charge in [0.2, 0.25) is 17.5 Å². The summed E-state index contributed by atoms with van der Waals surface area (Å²) in [6, 6.07) is -1.37. The van der Waals surface area contributed by atoms with Gasteiger partial charge in [-0.1, -0.05) is 27.7 Å². The van der Waals surface area contributed by atoms with Crippen molar-refractivity contribution in [2.24, 2.45) is 22.5 Å². The number of rotatable bonds is 7. The number of esters is 1. The minimum absolute atomic E-state index is 0.283. The van der Waals surface area contributed by atoms with Gasteiger partial charge in [-0.15, -0.1) is 0 Å². The number of methoxy groups -OCH3 is 1. The summed E-state index contributed by atoms with van der Waals surface area (Å²) in [5.41, 5.74) is 3.11. The van der Waals surface area contributed by atoms with Crippen molar-refractivity contribution >= 4 is 23.8 Å². The third-order valence-corrected chi connectivity index (χ3v) is 5.31. The maximum absolute atomic E-state index is 13.0. The van der Waals surface area contributed by atoms with Gasteiger partial charge >= 0.3 is 11.9 Å². The minimum Gasteiger partial charge on any atom is -0.481 e. The Bertz CT molecular complexity index is 615. The summed E-state index contributed by atoms with van der Waals surface area (Å²) in [5.74, 6) is -3.80. The van der Waals surface area contributed by atoms with Crippen LogP contribution in [0.25, 0.3) is 0 Å². The van der Waals surface area contributed by atoms with E-state index >= 15 is 0 Å². The normalized spacial score (nSPS) is 21.6. The lowest BCUT2D eigenvalue weighted by atomic mass is 9.71. The number of nitrogens with two attached hydrogens (primary N) is 1. The average Bonchev–Trinajstić information content (AvgIpc) is 2.73. The van der Waals surface area contributed by atoms with Crippen molar-refractivity contribution in [1.82, 2.24) is 10.6 Å². The molecule has 0 aromatic rings. The van der Waals surface area contributed by atoms with E-state index in [4.69, 9.17) is 15.6 Å². The number of hydrogen-bond acceptors (Lipinski definition) is 6. The van der Waals surface area contributed by atoms with Gasteiger partial charge in [-0.2, -0.15) is 0 Å². The van der Waals surface area contributed by atoms with Crippen molar-refractivity contribution in [2.45, 2.75) is 65.6 Å². The maximum atomic E-state index is 13.0. The van der Waals surface area contributed by atoms with Crippen LogP contribution >= 0.6 is 0 Å². The SMILES string of the molecule is COC(=O)C(C)(NC(=O)C1C(C)(C)CCC1(C)C)NC(=O)[C@@H](N)CC(=O)O. The second-order valence-electron chi connectivity index (χ2n) is 8.71. The zero-order valence-electron chi connectivity index (χ0n) is 16.8.